The SMILES string of the molecule is Cc1cccc(OCCC(=O)NCC2CCC(Cl)C2)c1. The van der Waals surface area contributed by atoms with E-state index in [1.54, 1.807) is 0 Å². The van der Waals surface area contributed by atoms with Gasteiger partial charge in [0.25, 0.3) is 0 Å². The van der Waals surface area contributed by atoms with Crippen molar-refractivity contribution in [1.29, 1.82) is 0 Å². The molecule has 0 radical (unpaired) electrons. The van der Waals surface area contributed by atoms with Gasteiger partial charge in [-0.05, 0) is 49.8 Å². The van der Waals surface area contributed by atoms with Crippen LogP contribution in [0.3, 0.4) is 0 Å². The van der Waals surface area contributed by atoms with Crippen LogP contribution in [0.5, 0.6) is 5.75 Å². The van der Waals surface area contributed by atoms with Crippen LogP contribution in [0.4, 0.5) is 0 Å². The molecule has 2 unspecified atom stereocenters. The third kappa shape index (κ3) is 5.04. The number of hydrogen-bond donors (Lipinski definition) is 1. The number of benzene rings is 1. The Kier molecular flexibility index (Phi) is 5.72. The topological polar surface area (TPSA) is 38.3 Å². The highest BCUT2D eigenvalue weighted by Crippen LogP contribution is 2.28. The molecule has 4 heteroatoms. The number of carbonyl (C=O) groups is 1. The number of rotatable bonds is 6. The van der Waals surface area contributed by atoms with Crippen LogP contribution >= 0.6 is 11.6 Å². The number of halogens is 1. The van der Waals surface area contributed by atoms with Crippen LogP contribution in [0.25, 0.3) is 0 Å². The molecule has 0 bridgehead atoms. The van der Waals surface area contributed by atoms with Crippen LogP contribution < -0.4 is 10.1 Å². The second kappa shape index (κ2) is 7.53. The van der Waals surface area contributed by atoms with Gasteiger partial charge in [0.05, 0.1) is 13.0 Å². The van der Waals surface area contributed by atoms with Crippen molar-refractivity contribution in [2.45, 2.75) is 38.0 Å². The van der Waals surface area contributed by atoms with Gasteiger partial charge < -0.3 is 10.1 Å². The number of hydrogen-bond acceptors (Lipinski definition) is 2. The quantitative estimate of drug-likeness (QED) is 0.818. The first kappa shape index (κ1) is 15.2. The van der Waals surface area contributed by atoms with E-state index in [9.17, 15) is 4.79 Å². The third-order valence-electron chi connectivity index (χ3n) is 3.65. The van der Waals surface area contributed by atoms with Crippen LogP contribution in [-0.2, 0) is 4.79 Å². The highest BCUT2D eigenvalue weighted by molar-refractivity contribution is 6.20. The van der Waals surface area contributed by atoms with E-state index in [-0.39, 0.29) is 5.91 Å². The number of amides is 1. The van der Waals surface area contributed by atoms with E-state index < -0.39 is 0 Å². The predicted octanol–water partition coefficient (Wildman–Crippen LogP) is 3.29. The first-order valence-corrected chi connectivity index (χ1v) is 7.67. The number of nitrogens with one attached hydrogen (secondary N) is 1. The van der Waals surface area contributed by atoms with Gasteiger partial charge in [-0.2, -0.15) is 0 Å². The summed E-state index contributed by atoms with van der Waals surface area (Å²) < 4.78 is 5.56. The Balaban J connectivity index is 1.60. The lowest BCUT2D eigenvalue weighted by atomic mass is 10.1. The molecule has 20 heavy (non-hydrogen) atoms. The Morgan fingerprint density at radius 1 is 1.45 bits per heavy atom. The van der Waals surface area contributed by atoms with Crippen LogP contribution in [0.15, 0.2) is 24.3 Å². The molecular formula is C16H22ClNO2. The zero-order chi connectivity index (χ0) is 14.4. The fourth-order valence-corrected chi connectivity index (χ4v) is 2.89. The molecule has 2 rings (SSSR count). The molecular weight excluding hydrogens is 274 g/mol. The van der Waals surface area contributed by atoms with E-state index in [2.05, 4.69) is 5.32 Å². The van der Waals surface area contributed by atoms with Gasteiger partial charge in [0.2, 0.25) is 5.91 Å². The maximum Gasteiger partial charge on any atom is 0.223 e. The van der Waals surface area contributed by atoms with E-state index in [0.29, 0.717) is 24.3 Å². The minimum Gasteiger partial charge on any atom is -0.493 e. The van der Waals surface area contributed by atoms with Gasteiger partial charge in [0, 0.05) is 11.9 Å². The van der Waals surface area contributed by atoms with Crippen LogP contribution in [-0.4, -0.2) is 24.4 Å². The second-order valence-electron chi connectivity index (χ2n) is 5.50. The fourth-order valence-electron chi connectivity index (χ4n) is 2.51. The van der Waals surface area contributed by atoms with Gasteiger partial charge in [-0.1, -0.05) is 12.1 Å². The largest absolute Gasteiger partial charge is 0.493 e. The minimum atomic E-state index is 0.0516. The standard InChI is InChI=1S/C16H22ClNO2/c1-12-3-2-4-15(9-12)20-8-7-16(19)18-11-13-5-6-14(17)10-13/h2-4,9,13-14H,5-8,10-11H2,1H3,(H,18,19). The van der Waals surface area contributed by atoms with E-state index in [1.807, 2.05) is 31.2 Å². The van der Waals surface area contributed by atoms with Gasteiger partial charge in [-0.3, -0.25) is 4.79 Å². The molecule has 1 aromatic carbocycles. The second-order valence-corrected chi connectivity index (χ2v) is 6.11. The Labute approximate surface area is 125 Å². The maximum absolute atomic E-state index is 11.7. The molecule has 0 aliphatic heterocycles. The Morgan fingerprint density at radius 2 is 2.30 bits per heavy atom. The highest BCUT2D eigenvalue weighted by atomic mass is 35.5. The lowest BCUT2D eigenvalue weighted by molar-refractivity contribution is -0.121. The first-order chi connectivity index (χ1) is 9.63. The van der Waals surface area contributed by atoms with Gasteiger partial charge in [-0.25, -0.2) is 0 Å². The number of alkyl halides is 1. The summed E-state index contributed by atoms with van der Waals surface area (Å²) in [5, 5.41) is 3.26. The summed E-state index contributed by atoms with van der Waals surface area (Å²) in [6.07, 6.45) is 3.60. The molecule has 0 saturated heterocycles. The molecule has 110 valence electrons. The Hall–Kier alpha value is -1.22. The van der Waals surface area contributed by atoms with Gasteiger partial charge in [0.15, 0.2) is 0 Å². The van der Waals surface area contributed by atoms with E-state index in [0.717, 1.165) is 37.1 Å². The molecule has 1 aliphatic rings. The number of ether oxygens (including phenoxy) is 1. The number of aryl methyl sites for hydroxylation is 1. The van der Waals surface area contributed by atoms with Crippen molar-refractivity contribution in [3.05, 3.63) is 29.8 Å². The molecule has 0 aromatic heterocycles. The van der Waals surface area contributed by atoms with Crippen molar-refractivity contribution in [1.82, 2.24) is 5.32 Å². The zero-order valence-electron chi connectivity index (χ0n) is 11.9. The summed E-state index contributed by atoms with van der Waals surface area (Å²) in [4.78, 5) is 11.7. The van der Waals surface area contributed by atoms with Crippen molar-refractivity contribution >= 4 is 17.5 Å². The van der Waals surface area contributed by atoms with Gasteiger partial charge in [-0.15, -0.1) is 11.6 Å². The summed E-state index contributed by atoms with van der Waals surface area (Å²) in [6, 6.07) is 7.85. The van der Waals surface area contributed by atoms with E-state index >= 15 is 0 Å². The third-order valence-corrected chi connectivity index (χ3v) is 4.05. The van der Waals surface area contributed by atoms with Gasteiger partial charge in [0.1, 0.15) is 5.75 Å². The lowest BCUT2D eigenvalue weighted by Gasteiger charge is -2.11. The molecule has 0 heterocycles. The van der Waals surface area contributed by atoms with Crippen LogP contribution in [0.2, 0.25) is 0 Å². The average molecular weight is 296 g/mol. The fraction of sp³-hybridized carbons (Fsp3) is 0.562. The summed E-state index contributed by atoms with van der Waals surface area (Å²) in [7, 11) is 0. The van der Waals surface area contributed by atoms with Crippen molar-refractivity contribution < 1.29 is 9.53 Å². The molecule has 1 saturated carbocycles. The zero-order valence-corrected chi connectivity index (χ0v) is 12.7. The average Bonchev–Trinajstić information content (AvgIpc) is 2.82. The molecule has 1 aromatic rings. The van der Waals surface area contributed by atoms with Gasteiger partial charge >= 0.3 is 0 Å². The molecule has 1 N–H and O–H groups in total. The highest BCUT2D eigenvalue weighted by Gasteiger charge is 2.22. The van der Waals surface area contributed by atoms with Crippen molar-refractivity contribution in [2.24, 2.45) is 5.92 Å². The smallest absolute Gasteiger partial charge is 0.223 e. The molecule has 1 amide bonds. The van der Waals surface area contributed by atoms with Crippen molar-refractivity contribution in [3.63, 3.8) is 0 Å². The maximum atomic E-state index is 11.7. The summed E-state index contributed by atoms with van der Waals surface area (Å²) in [5.74, 6) is 1.41. The van der Waals surface area contributed by atoms with Crippen molar-refractivity contribution in [2.75, 3.05) is 13.2 Å². The normalized spacial score (nSPS) is 21.7. The summed E-state index contributed by atoms with van der Waals surface area (Å²) in [6.45, 7) is 3.18. The van der Waals surface area contributed by atoms with Crippen LogP contribution in [0, 0.1) is 12.8 Å². The Bertz CT molecular complexity index is 450. The molecule has 0 spiro atoms. The van der Waals surface area contributed by atoms with E-state index in [4.69, 9.17) is 16.3 Å². The first-order valence-electron chi connectivity index (χ1n) is 7.23. The monoisotopic (exact) mass is 295 g/mol. The molecule has 1 aliphatic carbocycles. The van der Waals surface area contributed by atoms with Crippen molar-refractivity contribution in [3.8, 4) is 5.75 Å². The Morgan fingerprint density at radius 3 is 3.00 bits per heavy atom. The lowest BCUT2D eigenvalue weighted by Crippen LogP contribution is -2.29. The molecule has 3 nitrogen and oxygen atoms in total. The molecule has 2 atom stereocenters. The summed E-state index contributed by atoms with van der Waals surface area (Å²) >= 11 is 6.05. The minimum absolute atomic E-state index is 0.0516. The number of carbonyl (C=O) groups excluding carboxylic acids is 1. The molecule has 1 fully saturated rings. The van der Waals surface area contributed by atoms with Crippen LogP contribution in [0.1, 0.15) is 31.2 Å². The predicted molar refractivity (Wildman–Crippen MR) is 81.3 cm³/mol. The summed E-state index contributed by atoms with van der Waals surface area (Å²) in [5.41, 5.74) is 1.16. The van der Waals surface area contributed by atoms with E-state index in [1.165, 1.54) is 0 Å².